The van der Waals surface area contributed by atoms with Crippen molar-refractivity contribution >= 4 is 19.7 Å². The maximum atomic E-state index is 13.7. The van der Waals surface area contributed by atoms with Gasteiger partial charge in [-0.15, -0.1) is 0 Å². The summed E-state index contributed by atoms with van der Waals surface area (Å²) in [4.78, 5) is 38.0. The molecule has 0 heterocycles. The minimum Gasteiger partial charge on any atom is -0.456 e. The number of amides is 1. The first-order chi connectivity index (χ1) is 44.4. The predicted octanol–water partition coefficient (Wildman–Crippen LogP) is 25.2. The van der Waals surface area contributed by atoms with E-state index in [0.29, 0.717) is 17.4 Å². The average Bonchev–Trinajstić information content (AvgIpc) is 3.73. The van der Waals surface area contributed by atoms with Crippen LogP contribution in [0, 0.1) is 0 Å². The first-order valence-electron chi connectivity index (χ1n) is 38.9. The SMILES string of the molecule is CCCCC/C=C\C/C=C\C/C=C\CCCCCCCCCCCCCCCCC(=O)OC(/C=C/CCCCCCCCCCCCC)C(COP(=O)(O)OCC[N+](C)(C)C)NC(=O)CCCCCCCCCCCCCC/C=C\C/C=C\C/C=C\CCCCC. The third kappa shape index (κ3) is 71.3. The second-order valence-corrected chi connectivity index (χ2v) is 29.0. The normalized spacial score (nSPS) is 13.9. The number of hydrogen-bond donors (Lipinski definition) is 2. The van der Waals surface area contributed by atoms with Crippen molar-refractivity contribution in [3.8, 4) is 0 Å². The molecule has 0 aliphatic rings. The molecular formula is C81H150N2O7P+. The Kier molecular flexibility index (Phi) is 67.8. The van der Waals surface area contributed by atoms with Gasteiger partial charge in [-0.2, -0.15) is 0 Å². The van der Waals surface area contributed by atoms with Gasteiger partial charge >= 0.3 is 13.8 Å². The van der Waals surface area contributed by atoms with Crippen molar-refractivity contribution in [2.24, 2.45) is 0 Å². The van der Waals surface area contributed by atoms with Crippen LogP contribution in [0.1, 0.15) is 367 Å². The third-order valence-electron chi connectivity index (χ3n) is 17.3. The van der Waals surface area contributed by atoms with Crippen LogP contribution in [0.5, 0.6) is 0 Å². The first-order valence-corrected chi connectivity index (χ1v) is 40.4. The van der Waals surface area contributed by atoms with Gasteiger partial charge in [0.05, 0.1) is 33.8 Å². The number of allylic oxidation sites excluding steroid dienone is 13. The van der Waals surface area contributed by atoms with Gasteiger partial charge < -0.3 is 19.4 Å². The van der Waals surface area contributed by atoms with E-state index in [1.807, 2.05) is 27.2 Å². The van der Waals surface area contributed by atoms with Gasteiger partial charge in [0.25, 0.3) is 0 Å². The fourth-order valence-corrected chi connectivity index (χ4v) is 12.0. The molecule has 1 amide bonds. The summed E-state index contributed by atoms with van der Waals surface area (Å²) in [6.07, 6.45) is 94.6. The Hall–Kier alpha value is -2.81. The highest BCUT2D eigenvalue weighted by Gasteiger charge is 2.30. The van der Waals surface area contributed by atoms with Crippen molar-refractivity contribution in [2.45, 2.75) is 380 Å². The molecule has 0 spiro atoms. The van der Waals surface area contributed by atoms with E-state index in [9.17, 15) is 19.0 Å². The van der Waals surface area contributed by atoms with Crippen LogP contribution >= 0.6 is 7.82 Å². The summed E-state index contributed by atoms with van der Waals surface area (Å²) in [5.41, 5.74) is 0. The lowest BCUT2D eigenvalue weighted by atomic mass is 10.0. The molecular weight excluding hydrogens is 1140 g/mol. The second kappa shape index (κ2) is 70.0. The predicted molar refractivity (Wildman–Crippen MR) is 397 cm³/mol. The highest BCUT2D eigenvalue weighted by atomic mass is 31.2. The topological polar surface area (TPSA) is 111 Å². The van der Waals surface area contributed by atoms with Crippen LogP contribution in [0.4, 0.5) is 0 Å². The number of carbonyl (C=O) groups excluding carboxylic acids is 2. The van der Waals surface area contributed by atoms with E-state index < -0.39 is 20.0 Å². The Morgan fingerprint density at radius 1 is 0.385 bits per heavy atom. The zero-order valence-electron chi connectivity index (χ0n) is 60.8. The lowest BCUT2D eigenvalue weighted by Gasteiger charge is -2.27. The zero-order valence-corrected chi connectivity index (χ0v) is 61.7. The van der Waals surface area contributed by atoms with Crippen molar-refractivity contribution < 1.29 is 37.3 Å². The van der Waals surface area contributed by atoms with Crippen LogP contribution in [0.25, 0.3) is 0 Å². The maximum absolute atomic E-state index is 13.7. The minimum absolute atomic E-state index is 0.0385. The first kappa shape index (κ1) is 88.2. The molecule has 0 radical (unpaired) electrons. The summed E-state index contributed by atoms with van der Waals surface area (Å²) < 4.78 is 30.9. The number of esters is 1. The Balaban J connectivity index is 4.99. The van der Waals surface area contributed by atoms with Crippen LogP contribution in [0.15, 0.2) is 85.1 Å². The van der Waals surface area contributed by atoms with E-state index in [-0.39, 0.29) is 31.5 Å². The van der Waals surface area contributed by atoms with E-state index in [0.717, 1.165) is 83.5 Å². The number of likely N-dealkylation sites (N-methyl/N-ethyl adjacent to an activating group) is 1. The number of nitrogens with one attached hydrogen (secondary N) is 1. The van der Waals surface area contributed by atoms with Gasteiger partial charge in [-0.1, -0.05) is 331 Å². The monoisotopic (exact) mass is 1290 g/mol. The van der Waals surface area contributed by atoms with Crippen molar-refractivity contribution in [3.05, 3.63) is 85.1 Å². The van der Waals surface area contributed by atoms with Gasteiger partial charge in [-0.05, 0) is 109 Å². The van der Waals surface area contributed by atoms with Gasteiger partial charge in [0, 0.05) is 12.8 Å². The zero-order chi connectivity index (χ0) is 66.3. The van der Waals surface area contributed by atoms with E-state index in [1.165, 1.54) is 250 Å². The number of nitrogens with zero attached hydrogens (tertiary/aromatic N) is 1. The van der Waals surface area contributed by atoms with Crippen molar-refractivity contribution in [3.63, 3.8) is 0 Å². The number of phosphoric ester groups is 1. The molecule has 0 fully saturated rings. The number of quaternary nitrogens is 1. The number of rotatable bonds is 71. The number of hydrogen-bond acceptors (Lipinski definition) is 6. The third-order valence-corrected chi connectivity index (χ3v) is 18.3. The lowest BCUT2D eigenvalue weighted by molar-refractivity contribution is -0.870. The molecule has 0 aliphatic heterocycles. The quantitative estimate of drug-likeness (QED) is 0.0205. The Labute approximate surface area is 565 Å². The summed E-state index contributed by atoms with van der Waals surface area (Å²) in [7, 11) is 1.50. The van der Waals surface area contributed by atoms with E-state index in [4.69, 9.17) is 13.8 Å². The molecule has 9 nitrogen and oxygen atoms in total. The highest BCUT2D eigenvalue weighted by Crippen LogP contribution is 2.43. The smallest absolute Gasteiger partial charge is 0.456 e. The highest BCUT2D eigenvalue weighted by molar-refractivity contribution is 7.47. The van der Waals surface area contributed by atoms with Crippen LogP contribution in [0.2, 0.25) is 0 Å². The van der Waals surface area contributed by atoms with Gasteiger partial charge in [0.1, 0.15) is 19.3 Å². The van der Waals surface area contributed by atoms with Gasteiger partial charge in [-0.25, -0.2) is 4.57 Å². The van der Waals surface area contributed by atoms with Gasteiger partial charge in [0.15, 0.2) is 0 Å². The van der Waals surface area contributed by atoms with E-state index in [1.54, 1.807) is 0 Å². The van der Waals surface area contributed by atoms with Crippen molar-refractivity contribution in [1.82, 2.24) is 5.32 Å². The Morgan fingerprint density at radius 2 is 0.670 bits per heavy atom. The molecule has 3 atom stereocenters. The summed E-state index contributed by atoms with van der Waals surface area (Å²) in [5.74, 6) is -0.495. The molecule has 3 unspecified atom stereocenters. The number of phosphoric acid groups is 1. The number of ether oxygens (including phenoxy) is 1. The Morgan fingerprint density at radius 3 is 1.02 bits per heavy atom. The van der Waals surface area contributed by atoms with E-state index >= 15 is 0 Å². The van der Waals surface area contributed by atoms with Crippen LogP contribution in [0.3, 0.4) is 0 Å². The molecule has 91 heavy (non-hydrogen) atoms. The molecule has 530 valence electrons. The van der Waals surface area contributed by atoms with Crippen molar-refractivity contribution in [2.75, 3.05) is 40.9 Å². The van der Waals surface area contributed by atoms with Crippen LogP contribution < -0.4 is 5.32 Å². The molecule has 0 rings (SSSR count). The van der Waals surface area contributed by atoms with E-state index in [2.05, 4.69) is 105 Å². The molecule has 0 aromatic heterocycles. The molecule has 0 aromatic rings. The van der Waals surface area contributed by atoms with Crippen LogP contribution in [-0.4, -0.2) is 74.3 Å². The summed E-state index contributed by atoms with van der Waals surface area (Å²) >= 11 is 0. The molecule has 0 bridgehead atoms. The molecule has 2 N–H and O–H groups in total. The summed E-state index contributed by atoms with van der Waals surface area (Å²) in [6, 6.07) is -0.854. The number of unbranched alkanes of at least 4 members (excludes halogenated alkanes) is 43. The van der Waals surface area contributed by atoms with Gasteiger partial charge in [-0.3, -0.25) is 18.6 Å². The minimum atomic E-state index is -4.46. The molecule has 0 saturated heterocycles. The average molecular weight is 1300 g/mol. The Bertz CT molecular complexity index is 1830. The number of carbonyl (C=O) groups is 2. The summed E-state index contributed by atoms with van der Waals surface area (Å²) in [5, 5.41) is 3.08. The lowest BCUT2D eigenvalue weighted by Crippen LogP contribution is -2.47. The molecule has 0 aliphatic carbocycles. The molecule has 0 aromatic carbocycles. The standard InChI is InChI=1S/C81H149N2O7P/c1-7-10-13-16-19-22-25-28-30-32-34-36-38-40-41-43-45-47-49-51-53-56-59-62-65-68-71-74-81(85)90-79(72-69-66-63-60-57-54-27-24-21-18-15-12-9-3)78(77-89-91(86,87)88-76-75-83(4,5)6)82-80(84)73-70-67-64-61-58-55-52-50-48-46-44-42-39-37-35-33-31-29-26-23-20-17-14-11-8-2/h19-20,22-23,28-31,34-37,69,72,78-79H,7-18,21,24-27,32-33,38-68,70-71,73-77H2,1-6H3,(H-,82,84,86,87)/p+1/b22-19-,23-20-,30-28-,31-29-,36-34-,37-35-,72-69+. The second-order valence-electron chi connectivity index (χ2n) is 27.5. The molecule has 0 saturated carbocycles. The van der Waals surface area contributed by atoms with Crippen molar-refractivity contribution in [1.29, 1.82) is 0 Å². The fourth-order valence-electron chi connectivity index (χ4n) is 11.3. The fraction of sp³-hybridized carbons (Fsp3) is 0.802. The largest absolute Gasteiger partial charge is 0.472 e. The van der Waals surface area contributed by atoms with Gasteiger partial charge in [0.2, 0.25) is 5.91 Å². The summed E-state index contributed by atoms with van der Waals surface area (Å²) in [6.45, 7) is 7.00. The maximum Gasteiger partial charge on any atom is 0.472 e. The van der Waals surface area contributed by atoms with Crippen LogP contribution in [-0.2, 0) is 27.9 Å². The molecule has 10 heteroatoms.